The number of carbonyl (C=O) groups is 1. The van der Waals surface area contributed by atoms with Crippen LogP contribution in [-0.2, 0) is 11.2 Å². The highest BCUT2D eigenvalue weighted by Crippen LogP contribution is 2.17. The Bertz CT molecular complexity index is 635. The van der Waals surface area contributed by atoms with Crippen LogP contribution in [-0.4, -0.2) is 12.5 Å². The molecule has 0 fully saturated rings. The molecule has 0 saturated heterocycles. The number of rotatable bonds is 5. The Hall–Kier alpha value is -2.29. The van der Waals surface area contributed by atoms with Gasteiger partial charge in [-0.15, -0.1) is 0 Å². The molecular formula is C18H21NO2. The quantitative estimate of drug-likeness (QED) is 0.904. The van der Waals surface area contributed by atoms with Crippen LogP contribution in [0.2, 0.25) is 0 Å². The predicted molar refractivity (Wildman–Crippen MR) is 85.9 cm³/mol. The van der Waals surface area contributed by atoms with Crippen molar-refractivity contribution >= 4 is 11.6 Å². The minimum atomic E-state index is -0.144. The summed E-state index contributed by atoms with van der Waals surface area (Å²) in [4.78, 5) is 12.0. The van der Waals surface area contributed by atoms with Gasteiger partial charge < -0.3 is 10.1 Å². The van der Waals surface area contributed by atoms with Gasteiger partial charge in [-0.05, 0) is 55.2 Å². The van der Waals surface area contributed by atoms with Crippen molar-refractivity contribution in [1.29, 1.82) is 0 Å². The molecule has 0 aliphatic carbocycles. The molecule has 0 atom stereocenters. The highest BCUT2D eigenvalue weighted by atomic mass is 16.5. The van der Waals surface area contributed by atoms with E-state index in [1.807, 2.05) is 56.3 Å². The summed E-state index contributed by atoms with van der Waals surface area (Å²) in [6, 6.07) is 13.6. The SMILES string of the molecule is CCc1ccccc1NC(=O)COc1ccc(C)c(C)c1. The van der Waals surface area contributed by atoms with E-state index in [-0.39, 0.29) is 12.5 Å². The fourth-order valence-electron chi connectivity index (χ4n) is 2.09. The van der Waals surface area contributed by atoms with Gasteiger partial charge in [0.25, 0.3) is 5.91 Å². The fourth-order valence-corrected chi connectivity index (χ4v) is 2.09. The van der Waals surface area contributed by atoms with E-state index in [0.29, 0.717) is 0 Å². The lowest BCUT2D eigenvalue weighted by molar-refractivity contribution is -0.118. The smallest absolute Gasteiger partial charge is 0.262 e. The first kappa shape index (κ1) is 15.1. The standard InChI is InChI=1S/C18H21NO2/c1-4-15-7-5-6-8-17(15)19-18(20)12-21-16-10-9-13(2)14(3)11-16/h5-11H,4,12H2,1-3H3,(H,19,20). The van der Waals surface area contributed by atoms with E-state index in [9.17, 15) is 4.79 Å². The summed E-state index contributed by atoms with van der Waals surface area (Å²) in [6.45, 7) is 6.16. The molecule has 0 unspecified atom stereocenters. The molecule has 21 heavy (non-hydrogen) atoms. The Labute approximate surface area is 126 Å². The summed E-state index contributed by atoms with van der Waals surface area (Å²) in [5.74, 6) is 0.575. The summed E-state index contributed by atoms with van der Waals surface area (Å²) >= 11 is 0. The van der Waals surface area contributed by atoms with Crippen LogP contribution in [0.4, 0.5) is 5.69 Å². The zero-order valence-corrected chi connectivity index (χ0v) is 12.8. The molecular weight excluding hydrogens is 262 g/mol. The molecule has 0 heterocycles. The van der Waals surface area contributed by atoms with E-state index in [4.69, 9.17) is 4.74 Å². The van der Waals surface area contributed by atoms with Crippen molar-refractivity contribution in [1.82, 2.24) is 0 Å². The topological polar surface area (TPSA) is 38.3 Å². The lowest BCUT2D eigenvalue weighted by atomic mass is 10.1. The number of benzene rings is 2. The van der Waals surface area contributed by atoms with E-state index in [0.717, 1.165) is 29.0 Å². The van der Waals surface area contributed by atoms with Crippen molar-refractivity contribution in [2.75, 3.05) is 11.9 Å². The minimum Gasteiger partial charge on any atom is -0.484 e. The maximum Gasteiger partial charge on any atom is 0.262 e. The van der Waals surface area contributed by atoms with E-state index >= 15 is 0 Å². The summed E-state index contributed by atoms with van der Waals surface area (Å²) in [5.41, 5.74) is 4.35. The Morgan fingerprint density at radius 2 is 1.86 bits per heavy atom. The van der Waals surface area contributed by atoms with Gasteiger partial charge in [0, 0.05) is 5.69 Å². The van der Waals surface area contributed by atoms with Gasteiger partial charge in [-0.25, -0.2) is 0 Å². The fraction of sp³-hybridized carbons (Fsp3) is 0.278. The second-order valence-corrected chi connectivity index (χ2v) is 5.09. The molecule has 0 bridgehead atoms. The molecule has 3 nitrogen and oxygen atoms in total. The number of hydrogen-bond donors (Lipinski definition) is 1. The molecule has 1 N–H and O–H groups in total. The zero-order valence-electron chi connectivity index (χ0n) is 12.8. The Kier molecular flexibility index (Phi) is 4.99. The second-order valence-electron chi connectivity index (χ2n) is 5.09. The number of para-hydroxylation sites is 1. The minimum absolute atomic E-state index is 0.0144. The molecule has 2 aromatic carbocycles. The number of nitrogens with one attached hydrogen (secondary N) is 1. The first-order valence-electron chi connectivity index (χ1n) is 7.18. The molecule has 2 rings (SSSR count). The van der Waals surface area contributed by atoms with Gasteiger partial charge in [-0.2, -0.15) is 0 Å². The molecule has 0 spiro atoms. The summed E-state index contributed by atoms with van der Waals surface area (Å²) < 4.78 is 5.54. The molecule has 0 aromatic heterocycles. The largest absolute Gasteiger partial charge is 0.484 e. The third-order valence-corrected chi connectivity index (χ3v) is 3.52. The van der Waals surface area contributed by atoms with Crippen LogP contribution in [0, 0.1) is 13.8 Å². The van der Waals surface area contributed by atoms with Crippen molar-refractivity contribution in [2.24, 2.45) is 0 Å². The van der Waals surface area contributed by atoms with Crippen molar-refractivity contribution in [2.45, 2.75) is 27.2 Å². The highest BCUT2D eigenvalue weighted by molar-refractivity contribution is 5.92. The van der Waals surface area contributed by atoms with Crippen LogP contribution in [0.5, 0.6) is 5.75 Å². The first-order valence-corrected chi connectivity index (χ1v) is 7.18. The van der Waals surface area contributed by atoms with Crippen LogP contribution < -0.4 is 10.1 Å². The van der Waals surface area contributed by atoms with Gasteiger partial charge in [0.15, 0.2) is 6.61 Å². The number of anilines is 1. The number of amides is 1. The Balaban J connectivity index is 1.94. The maximum absolute atomic E-state index is 12.0. The lowest BCUT2D eigenvalue weighted by Crippen LogP contribution is -2.20. The number of carbonyl (C=O) groups excluding carboxylic acids is 1. The van der Waals surface area contributed by atoms with Gasteiger partial charge in [0.05, 0.1) is 0 Å². The van der Waals surface area contributed by atoms with Crippen molar-refractivity contribution < 1.29 is 9.53 Å². The van der Waals surface area contributed by atoms with E-state index < -0.39 is 0 Å². The van der Waals surface area contributed by atoms with Crippen LogP contribution in [0.3, 0.4) is 0 Å². The number of ether oxygens (including phenoxy) is 1. The van der Waals surface area contributed by atoms with Crippen molar-refractivity contribution in [3.05, 3.63) is 59.2 Å². The third-order valence-electron chi connectivity index (χ3n) is 3.52. The van der Waals surface area contributed by atoms with Gasteiger partial charge >= 0.3 is 0 Å². The monoisotopic (exact) mass is 283 g/mol. The normalized spacial score (nSPS) is 10.2. The molecule has 0 saturated carbocycles. The molecule has 0 aliphatic rings. The third kappa shape index (κ3) is 4.09. The van der Waals surface area contributed by atoms with Crippen LogP contribution in [0.15, 0.2) is 42.5 Å². The Morgan fingerprint density at radius 1 is 1.10 bits per heavy atom. The maximum atomic E-state index is 12.0. The van der Waals surface area contributed by atoms with Gasteiger partial charge in [0.1, 0.15) is 5.75 Å². The molecule has 0 aliphatic heterocycles. The van der Waals surface area contributed by atoms with Crippen molar-refractivity contribution in [3.63, 3.8) is 0 Å². The summed E-state index contributed by atoms with van der Waals surface area (Å²) in [5, 5.41) is 2.89. The van der Waals surface area contributed by atoms with Gasteiger partial charge in [-0.1, -0.05) is 31.2 Å². The van der Waals surface area contributed by atoms with Crippen molar-refractivity contribution in [3.8, 4) is 5.75 Å². The molecule has 3 heteroatoms. The summed E-state index contributed by atoms with van der Waals surface area (Å²) in [6.07, 6.45) is 0.883. The number of aryl methyl sites for hydroxylation is 3. The average Bonchev–Trinajstić information content (AvgIpc) is 2.49. The van der Waals surface area contributed by atoms with Gasteiger partial charge in [0.2, 0.25) is 0 Å². The van der Waals surface area contributed by atoms with Crippen LogP contribution >= 0.6 is 0 Å². The van der Waals surface area contributed by atoms with E-state index in [1.54, 1.807) is 0 Å². The molecule has 1 amide bonds. The average molecular weight is 283 g/mol. The molecule has 110 valence electrons. The van der Waals surface area contributed by atoms with E-state index in [1.165, 1.54) is 5.56 Å². The van der Waals surface area contributed by atoms with E-state index in [2.05, 4.69) is 12.2 Å². The highest BCUT2D eigenvalue weighted by Gasteiger charge is 2.06. The zero-order chi connectivity index (χ0) is 15.2. The number of hydrogen-bond acceptors (Lipinski definition) is 2. The molecule has 2 aromatic rings. The Morgan fingerprint density at radius 3 is 2.57 bits per heavy atom. The van der Waals surface area contributed by atoms with Crippen LogP contribution in [0.1, 0.15) is 23.6 Å². The molecule has 0 radical (unpaired) electrons. The van der Waals surface area contributed by atoms with Gasteiger partial charge in [-0.3, -0.25) is 4.79 Å². The second kappa shape index (κ2) is 6.93. The van der Waals surface area contributed by atoms with Crippen LogP contribution in [0.25, 0.3) is 0 Å². The predicted octanol–water partition coefficient (Wildman–Crippen LogP) is 3.88. The lowest BCUT2D eigenvalue weighted by Gasteiger charge is -2.11. The first-order chi connectivity index (χ1) is 10.1. The summed E-state index contributed by atoms with van der Waals surface area (Å²) in [7, 11) is 0.